The number of hydrogen-bond acceptors (Lipinski definition) is 10. The van der Waals surface area contributed by atoms with Gasteiger partial charge in [-0.2, -0.15) is 0 Å². The molecule has 14 nitrogen and oxygen atoms in total. The molecule has 0 atom stereocenters. The van der Waals surface area contributed by atoms with Crippen LogP contribution in [0.2, 0.25) is 0 Å². The molecule has 14 heteroatoms. The average molecular weight is 949 g/mol. The van der Waals surface area contributed by atoms with Gasteiger partial charge in [0.2, 0.25) is 0 Å². The molecule has 0 aromatic heterocycles. The maximum Gasteiger partial charge on any atom is 0.258 e. The maximum atomic E-state index is 11.8. The highest BCUT2D eigenvalue weighted by molar-refractivity contribution is 6.31. The minimum atomic E-state index is -0.452. The molecular formula is C57H48N4O10. The Bertz CT molecular complexity index is 2960. The van der Waals surface area contributed by atoms with E-state index in [2.05, 4.69) is 27.0 Å². The van der Waals surface area contributed by atoms with Crippen LogP contribution in [0.25, 0.3) is 0 Å². The van der Waals surface area contributed by atoms with Gasteiger partial charge in [-0.3, -0.25) is 38.4 Å². The van der Waals surface area contributed by atoms with E-state index in [1.165, 1.54) is 54.7 Å². The Labute approximate surface area is 409 Å². The van der Waals surface area contributed by atoms with Gasteiger partial charge in [0.15, 0.2) is 0 Å². The topological polar surface area (TPSA) is 190 Å². The minimum Gasteiger partial charge on any atom is -0.508 e. The Morgan fingerprint density at radius 2 is 0.761 bits per heavy atom. The lowest BCUT2D eigenvalue weighted by Gasteiger charge is -2.27. The summed E-state index contributed by atoms with van der Waals surface area (Å²) in [6, 6.07) is 30.5. The zero-order valence-corrected chi connectivity index (χ0v) is 39.1. The van der Waals surface area contributed by atoms with E-state index >= 15 is 0 Å². The van der Waals surface area contributed by atoms with Crippen LogP contribution in [-0.4, -0.2) is 57.5 Å². The number of rotatable bonds is 12. The number of carbonyl (C=O) groups excluding carboxylic acids is 8. The van der Waals surface area contributed by atoms with Crippen molar-refractivity contribution in [3.05, 3.63) is 216 Å². The molecule has 4 aliphatic rings. The van der Waals surface area contributed by atoms with Crippen molar-refractivity contribution >= 4 is 70.0 Å². The molecule has 0 saturated heterocycles. The molecule has 4 heterocycles. The summed E-state index contributed by atoms with van der Waals surface area (Å²) >= 11 is 0. The second kappa shape index (κ2) is 20.9. The number of aromatic hydroxyl groups is 2. The van der Waals surface area contributed by atoms with E-state index in [9.17, 15) is 48.6 Å². The Hall–Kier alpha value is -9.30. The van der Waals surface area contributed by atoms with Crippen molar-refractivity contribution in [2.75, 3.05) is 19.6 Å². The first-order valence-corrected chi connectivity index (χ1v) is 22.3. The summed E-state index contributed by atoms with van der Waals surface area (Å²) in [5, 5.41) is 19.9. The Balaban J connectivity index is 0.000000158. The van der Waals surface area contributed by atoms with E-state index in [-0.39, 0.29) is 29.0 Å². The number of phenols is 2. The van der Waals surface area contributed by atoms with Gasteiger partial charge in [-0.25, -0.2) is 19.6 Å². The number of benzene rings is 5. The molecular weight excluding hydrogens is 901 g/mol. The second-order valence-corrected chi connectivity index (χ2v) is 17.2. The van der Waals surface area contributed by atoms with Gasteiger partial charge in [-0.05, 0) is 114 Å². The fourth-order valence-corrected chi connectivity index (χ4v) is 8.09. The first-order chi connectivity index (χ1) is 33.9. The van der Waals surface area contributed by atoms with Crippen molar-refractivity contribution in [3.8, 4) is 11.5 Å². The van der Waals surface area contributed by atoms with E-state index in [1.807, 2.05) is 48.5 Å². The van der Waals surface area contributed by atoms with Crippen LogP contribution in [-0.2, 0) is 63.0 Å². The number of allylic oxidation sites excluding steroid dienone is 2. The Morgan fingerprint density at radius 3 is 1.11 bits per heavy atom. The molecule has 0 unspecified atom stereocenters. The summed E-state index contributed by atoms with van der Waals surface area (Å²) < 4.78 is 0. The molecule has 5 aromatic rings. The number of amides is 8. The zero-order valence-electron chi connectivity index (χ0n) is 39.1. The van der Waals surface area contributed by atoms with E-state index < -0.39 is 23.6 Å². The third-order valence-corrected chi connectivity index (χ3v) is 12.1. The number of nitrogens with zero attached hydrogens (tertiary/aromatic N) is 4. The van der Waals surface area contributed by atoms with Gasteiger partial charge in [0, 0.05) is 54.0 Å². The quantitative estimate of drug-likeness (QED) is 0.0920. The van der Waals surface area contributed by atoms with Crippen molar-refractivity contribution in [3.63, 3.8) is 0 Å². The van der Waals surface area contributed by atoms with Crippen LogP contribution in [0.5, 0.6) is 11.5 Å². The van der Waals surface area contributed by atoms with Crippen molar-refractivity contribution in [1.82, 2.24) is 0 Å². The van der Waals surface area contributed by atoms with Crippen LogP contribution >= 0.6 is 0 Å². The minimum absolute atomic E-state index is 0.243. The number of phenolic OH excluding ortho intramolecular Hbond substituents is 2. The molecule has 9 rings (SSSR count). The van der Waals surface area contributed by atoms with E-state index in [4.69, 9.17) is 0 Å². The lowest BCUT2D eigenvalue weighted by molar-refractivity contribution is -0.121. The normalized spacial score (nSPS) is 15.0. The molecule has 0 aliphatic carbocycles. The molecule has 0 bridgehead atoms. The number of anilines is 4. The highest BCUT2D eigenvalue weighted by atomic mass is 16.3. The summed E-state index contributed by atoms with van der Waals surface area (Å²) in [6.07, 6.45) is 15.2. The molecule has 71 heavy (non-hydrogen) atoms. The summed E-state index contributed by atoms with van der Waals surface area (Å²) in [4.78, 5) is 98.0. The SMILES string of the molecule is C=CCc1cc(C(C)(C)c2ccc(O)c(CC=C)c2)ccc1O.Cc1ccc(N2C(=O)C=CC2=O)cc1N1C(=O)C=CC1=O.O=C1C=CC(=O)N1c1ccc(Cc2ccc(N3C(=O)C=CC3=O)cc2)cc1. The molecule has 0 radical (unpaired) electrons. The van der Waals surface area contributed by atoms with Gasteiger partial charge >= 0.3 is 0 Å². The van der Waals surface area contributed by atoms with Gasteiger partial charge in [-0.15, -0.1) is 13.2 Å². The summed E-state index contributed by atoms with van der Waals surface area (Å²) in [6.45, 7) is 13.5. The van der Waals surface area contributed by atoms with Crippen LogP contribution in [0, 0.1) is 6.92 Å². The Morgan fingerprint density at radius 1 is 0.437 bits per heavy atom. The van der Waals surface area contributed by atoms with Crippen LogP contribution in [0.15, 0.2) is 177 Å². The maximum absolute atomic E-state index is 11.8. The van der Waals surface area contributed by atoms with E-state index in [0.29, 0.717) is 59.1 Å². The van der Waals surface area contributed by atoms with Crippen LogP contribution in [0.4, 0.5) is 22.7 Å². The number of imide groups is 4. The van der Waals surface area contributed by atoms with Gasteiger partial charge < -0.3 is 10.2 Å². The van der Waals surface area contributed by atoms with Crippen LogP contribution < -0.4 is 19.6 Å². The summed E-state index contributed by atoms with van der Waals surface area (Å²) in [7, 11) is 0. The molecule has 0 saturated carbocycles. The predicted molar refractivity (Wildman–Crippen MR) is 270 cm³/mol. The molecule has 0 spiro atoms. The van der Waals surface area contributed by atoms with Gasteiger partial charge in [0.05, 0.1) is 22.7 Å². The van der Waals surface area contributed by atoms with E-state index in [0.717, 1.165) is 53.0 Å². The van der Waals surface area contributed by atoms with Gasteiger partial charge in [-0.1, -0.05) is 80.6 Å². The smallest absolute Gasteiger partial charge is 0.258 e. The largest absolute Gasteiger partial charge is 0.508 e. The third kappa shape index (κ3) is 10.7. The Kier molecular flexibility index (Phi) is 14.6. The highest BCUT2D eigenvalue weighted by Gasteiger charge is 2.31. The summed E-state index contributed by atoms with van der Waals surface area (Å²) in [5.41, 5.74) is 8.19. The molecule has 0 fully saturated rings. The first-order valence-electron chi connectivity index (χ1n) is 22.3. The number of carbonyl (C=O) groups is 8. The van der Waals surface area contributed by atoms with E-state index in [1.54, 1.807) is 67.6 Å². The van der Waals surface area contributed by atoms with Crippen molar-refractivity contribution in [2.45, 2.75) is 45.4 Å². The molecule has 356 valence electrons. The predicted octanol–water partition coefficient (Wildman–Crippen LogP) is 7.87. The first kappa shape index (κ1) is 49.6. The molecule has 5 aromatic carbocycles. The molecule has 8 amide bonds. The van der Waals surface area contributed by atoms with Crippen LogP contribution in [0.3, 0.4) is 0 Å². The van der Waals surface area contributed by atoms with Crippen molar-refractivity contribution in [2.24, 2.45) is 0 Å². The third-order valence-electron chi connectivity index (χ3n) is 12.1. The van der Waals surface area contributed by atoms with Gasteiger partial charge in [0.25, 0.3) is 47.3 Å². The number of hydrogen-bond donors (Lipinski definition) is 2. The molecule has 4 aliphatic heterocycles. The lowest BCUT2D eigenvalue weighted by atomic mass is 9.77. The highest BCUT2D eigenvalue weighted by Crippen LogP contribution is 2.36. The lowest BCUT2D eigenvalue weighted by Crippen LogP contribution is -2.32. The summed E-state index contributed by atoms with van der Waals surface area (Å²) in [5.74, 6) is -2.58. The van der Waals surface area contributed by atoms with Gasteiger partial charge in [0.1, 0.15) is 11.5 Å². The average Bonchev–Trinajstić information content (AvgIpc) is 4.09. The second-order valence-electron chi connectivity index (χ2n) is 17.2. The fraction of sp³-hybridized carbons (Fsp3) is 0.123. The van der Waals surface area contributed by atoms with Crippen molar-refractivity contribution in [1.29, 1.82) is 0 Å². The fourth-order valence-electron chi connectivity index (χ4n) is 8.09. The number of aryl methyl sites for hydroxylation is 1. The van der Waals surface area contributed by atoms with Crippen molar-refractivity contribution < 1.29 is 48.6 Å². The standard InChI is InChI=1S/C21H14N2O4.C21H24O2.C15H10N2O4/c24-18-9-10-19(25)22(18)16-5-1-14(2-6-16)13-15-3-7-17(8-4-15)23-20(26)11-12-21(23)27;1-5-7-15-13-17(9-11-19(15)22)21(3,4)18-10-12-20(23)16(14-18)8-6-2;1-9-2-3-10(16-12(18)4-5-13(16)19)8-11(9)17-14(20)6-7-15(17)21/h1-12H,13H2;5-6,9-14,22-23H,1-2,7-8H2,3-4H3;2-8H,1H3. The van der Waals surface area contributed by atoms with Crippen LogP contribution in [0.1, 0.15) is 52.8 Å². The molecule has 2 N–H and O–H groups in total. The zero-order chi connectivity index (χ0) is 51.1. The monoisotopic (exact) mass is 948 g/mol.